The number of rotatable bonds is 6. The Kier molecular flexibility index (Phi) is 4.96. The highest BCUT2D eigenvalue weighted by Gasteiger charge is 2.14. The van der Waals surface area contributed by atoms with Crippen molar-refractivity contribution in [1.82, 2.24) is 20.4 Å². The Bertz CT molecular complexity index is 618. The van der Waals surface area contributed by atoms with E-state index >= 15 is 0 Å². The van der Waals surface area contributed by atoms with Crippen LogP contribution in [0.2, 0.25) is 0 Å². The van der Waals surface area contributed by atoms with Crippen molar-refractivity contribution in [3.05, 3.63) is 30.0 Å². The predicted molar refractivity (Wildman–Crippen MR) is 84.9 cm³/mol. The molecule has 5 nitrogen and oxygen atoms in total. The number of hydrogen-bond acceptors (Lipinski definition) is 3. The smallest absolute Gasteiger partial charge is 0.236 e. The normalized spacial score (nSPS) is 12.8. The van der Waals surface area contributed by atoms with Crippen molar-refractivity contribution in [3.8, 4) is 0 Å². The zero-order valence-electron chi connectivity index (χ0n) is 13.2. The summed E-state index contributed by atoms with van der Waals surface area (Å²) in [6.07, 6.45) is 0. The third-order valence-electron chi connectivity index (χ3n) is 3.49. The lowest BCUT2D eigenvalue weighted by Crippen LogP contribution is -2.43. The molecule has 0 aliphatic rings. The first-order valence-corrected chi connectivity index (χ1v) is 7.40. The molecule has 1 unspecified atom stereocenters. The van der Waals surface area contributed by atoms with Crippen molar-refractivity contribution in [2.24, 2.45) is 13.0 Å². The number of nitrogens with one attached hydrogen (secondary N) is 2. The Morgan fingerprint density at radius 1 is 1.29 bits per heavy atom. The summed E-state index contributed by atoms with van der Waals surface area (Å²) >= 11 is 0. The molecule has 0 saturated heterocycles. The lowest BCUT2D eigenvalue weighted by atomic mass is 10.2. The van der Waals surface area contributed by atoms with E-state index in [0.717, 1.165) is 16.6 Å². The van der Waals surface area contributed by atoms with Crippen molar-refractivity contribution in [2.45, 2.75) is 33.4 Å². The molecule has 1 atom stereocenters. The zero-order valence-corrected chi connectivity index (χ0v) is 13.2. The summed E-state index contributed by atoms with van der Waals surface area (Å²) in [5, 5.41) is 11.8. The molecule has 0 aliphatic carbocycles. The molecule has 21 heavy (non-hydrogen) atoms. The number of nitrogens with zero attached hydrogens (tertiary/aromatic N) is 2. The zero-order chi connectivity index (χ0) is 15.4. The van der Waals surface area contributed by atoms with Gasteiger partial charge in [0, 0.05) is 25.5 Å². The van der Waals surface area contributed by atoms with Crippen LogP contribution in [0.25, 0.3) is 10.9 Å². The fourth-order valence-electron chi connectivity index (χ4n) is 2.22. The van der Waals surface area contributed by atoms with Crippen molar-refractivity contribution >= 4 is 16.8 Å². The summed E-state index contributed by atoms with van der Waals surface area (Å²) in [4.78, 5) is 11.9. The second kappa shape index (κ2) is 6.72. The molecule has 5 heteroatoms. The Hall–Kier alpha value is -1.88. The largest absolute Gasteiger partial charge is 0.354 e. The summed E-state index contributed by atoms with van der Waals surface area (Å²) in [5.41, 5.74) is 2.07. The lowest BCUT2D eigenvalue weighted by molar-refractivity contribution is -0.122. The summed E-state index contributed by atoms with van der Waals surface area (Å²) in [6, 6.07) is 7.88. The first kappa shape index (κ1) is 15.5. The van der Waals surface area contributed by atoms with E-state index in [0.29, 0.717) is 19.0 Å². The molecule has 1 aromatic carbocycles. The van der Waals surface area contributed by atoms with E-state index in [2.05, 4.69) is 35.6 Å². The molecule has 0 spiro atoms. The Labute approximate surface area is 125 Å². The van der Waals surface area contributed by atoms with Crippen LogP contribution >= 0.6 is 0 Å². The van der Waals surface area contributed by atoms with Gasteiger partial charge in [0.25, 0.3) is 0 Å². The summed E-state index contributed by atoms with van der Waals surface area (Å²) in [5.74, 6) is 0.491. The SMILES string of the molecule is CC(C)CNC(=O)C(C)NCc1nn(C)c2ccccc12. The monoisotopic (exact) mass is 288 g/mol. The van der Waals surface area contributed by atoms with Gasteiger partial charge in [0.2, 0.25) is 5.91 Å². The van der Waals surface area contributed by atoms with E-state index in [-0.39, 0.29) is 11.9 Å². The summed E-state index contributed by atoms with van der Waals surface area (Å²) in [6.45, 7) is 7.33. The maximum Gasteiger partial charge on any atom is 0.236 e. The van der Waals surface area contributed by atoms with Gasteiger partial charge in [-0.2, -0.15) is 5.10 Å². The second-order valence-electron chi connectivity index (χ2n) is 5.83. The molecule has 2 rings (SSSR count). The van der Waals surface area contributed by atoms with Crippen LogP contribution in [0, 0.1) is 5.92 Å². The van der Waals surface area contributed by atoms with Crippen molar-refractivity contribution < 1.29 is 4.79 Å². The average Bonchev–Trinajstić information content (AvgIpc) is 2.79. The quantitative estimate of drug-likeness (QED) is 0.852. The van der Waals surface area contributed by atoms with E-state index in [1.54, 1.807) is 0 Å². The van der Waals surface area contributed by atoms with Gasteiger partial charge in [0.05, 0.1) is 17.3 Å². The number of benzene rings is 1. The number of aromatic nitrogens is 2. The van der Waals surface area contributed by atoms with Gasteiger partial charge in [0.1, 0.15) is 0 Å². The molecular weight excluding hydrogens is 264 g/mol. The van der Waals surface area contributed by atoms with Crippen LogP contribution < -0.4 is 10.6 Å². The minimum absolute atomic E-state index is 0.0314. The molecule has 1 amide bonds. The molecule has 2 aromatic rings. The van der Waals surface area contributed by atoms with E-state index < -0.39 is 0 Å². The van der Waals surface area contributed by atoms with E-state index in [1.165, 1.54) is 0 Å². The number of carbonyl (C=O) groups is 1. The summed E-state index contributed by atoms with van der Waals surface area (Å²) in [7, 11) is 1.94. The minimum Gasteiger partial charge on any atom is -0.354 e. The van der Waals surface area contributed by atoms with Crippen LogP contribution in [0.4, 0.5) is 0 Å². The molecular formula is C16H24N4O. The van der Waals surface area contributed by atoms with Crippen LogP contribution in [0.15, 0.2) is 24.3 Å². The summed E-state index contributed by atoms with van der Waals surface area (Å²) < 4.78 is 1.87. The number of carbonyl (C=O) groups excluding carboxylic acids is 1. The van der Waals surface area contributed by atoms with Gasteiger partial charge in [-0.1, -0.05) is 32.0 Å². The fraction of sp³-hybridized carbons (Fsp3) is 0.500. The lowest BCUT2D eigenvalue weighted by Gasteiger charge is -2.14. The van der Waals surface area contributed by atoms with Gasteiger partial charge in [-0.25, -0.2) is 0 Å². The van der Waals surface area contributed by atoms with Crippen LogP contribution in [-0.4, -0.2) is 28.3 Å². The molecule has 0 saturated carbocycles. The molecule has 0 bridgehead atoms. The van der Waals surface area contributed by atoms with Gasteiger partial charge in [-0.05, 0) is 18.9 Å². The third kappa shape index (κ3) is 3.82. The van der Waals surface area contributed by atoms with Crippen LogP contribution in [0.1, 0.15) is 26.5 Å². The second-order valence-corrected chi connectivity index (χ2v) is 5.83. The van der Waals surface area contributed by atoms with Gasteiger partial charge in [-0.15, -0.1) is 0 Å². The van der Waals surface area contributed by atoms with Gasteiger partial charge in [-0.3, -0.25) is 9.48 Å². The average molecular weight is 288 g/mol. The standard InChI is InChI=1S/C16H24N4O/c1-11(2)9-18-16(21)12(3)17-10-14-13-7-5-6-8-15(13)20(4)19-14/h5-8,11-12,17H,9-10H2,1-4H3,(H,18,21). The first-order chi connectivity index (χ1) is 9.99. The molecule has 114 valence electrons. The highest BCUT2D eigenvalue weighted by Crippen LogP contribution is 2.17. The maximum absolute atomic E-state index is 11.9. The maximum atomic E-state index is 11.9. The number of amides is 1. The fourth-order valence-corrected chi connectivity index (χ4v) is 2.22. The van der Waals surface area contributed by atoms with Crippen molar-refractivity contribution in [2.75, 3.05) is 6.54 Å². The van der Waals surface area contributed by atoms with Crippen molar-refractivity contribution in [1.29, 1.82) is 0 Å². The van der Waals surface area contributed by atoms with Crippen LogP contribution in [-0.2, 0) is 18.4 Å². The molecule has 0 fully saturated rings. The van der Waals surface area contributed by atoms with Gasteiger partial charge >= 0.3 is 0 Å². The molecule has 0 radical (unpaired) electrons. The molecule has 2 N–H and O–H groups in total. The predicted octanol–water partition coefficient (Wildman–Crippen LogP) is 1.82. The van der Waals surface area contributed by atoms with Crippen molar-refractivity contribution in [3.63, 3.8) is 0 Å². The Morgan fingerprint density at radius 3 is 2.71 bits per heavy atom. The van der Waals surface area contributed by atoms with E-state index in [1.807, 2.05) is 36.9 Å². The highest BCUT2D eigenvalue weighted by atomic mass is 16.2. The Balaban J connectivity index is 1.97. The molecule has 1 aromatic heterocycles. The number of hydrogen-bond donors (Lipinski definition) is 2. The first-order valence-electron chi connectivity index (χ1n) is 7.40. The number of aryl methyl sites for hydroxylation is 1. The number of para-hydroxylation sites is 1. The van der Waals surface area contributed by atoms with Gasteiger partial charge in [0.15, 0.2) is 0 Å². The van der Waals surface area contributed by atoms with E-state index in [9.17, 15) is 4.79 Å². The van der Waals surface area contributed by atoms with Crippen LogP contribution in [0.3, 0.4) is 0 Å². The van der Waals surface area contributed by atoms with E-state index in [4.69, 9.17) is 0 Å². The highest BCUT2D eigenvalue weighted by molar-refractivity contribution is 5.82. The minimum atomic E-state index is -0.232. The van der Waals surface area contributed by atoms with Crippen LogP contribution in [0.5, 0.6) is 0 Å². The number of fused-ring (bicyclic) bond motifs is 1. The third-order valence-corrected chi connectivity index (χ3v) is 3.49. The Morgan fingerprint density at radius 2 is 2.00 bits per heavy atom. The van der Waals surface area contributed by atoms with Gasteiger partial charge < -0.3 is 10.6 Å². The topological polar surface area (TPSA) is 59.0 Å². The molecule has 1 heterocycles. The molecule has 0 aliphatic heterocycles.